The SMILES string of the molecule is CC(C)(C)[Si](C)(C)[Si]1([Si](C)(C)C(C)(C)C)[Si]2([Si](C)(C)C(C)(C)C)[Si]([Si](C)(C)C(C)(C)C)([Si](C)(C)C(C)(C)C)[Si]12[Si](C)(C)C(C)(C)C. The highest BCUT2D eigenvalue weighted by atomic mass is 31.1. The van der Waals surface area contributed by atoms with Gasteiger partial charge >= 0.3 is 0 Å². The van der Waals surface area contributed by atoms with Crippen LogP contribution in [0.25, 0.3) is 0 Å². The second-order valence-corrected chi connectivity index (χ2v) is 155. The van der Waals surface area contributed by atoms with Crippen LogP contribution in [0.4, 0.5) is 0 Å². The first-order chi connectivity index (χ1) is 19.2. The topological polar surface area (TPSA) is 0 Å². The minimum absolute atomic E-state index is 0.494. The largest absolute Gasteiger partial charge is 0.0715 e. The van der Waals surface area contributed by atoms with Crippen molar-refractivity contribution in [3.8, 4) is 0 Å². The van der Waals surface area contributed by atoms with Crippen LogP contribution >= 0.6 is 0 Å². The van der Waals surface area contributed by atoms with Gasteiger partial charge in [0.1, 0.15) is 0 Å². The molecule has 46 heavy (non-hydrogen) atoms. The minimum atomic E-state index is -1.71. The molecule has 2 heterocycles. The summed E-state index contributed by atoms with van der Waals surface area (Å²) in [6, 6.07) is 0. The van der Waals surface area contributed by atoms with Crippen LogP contribution in [0.1, 0.15) is 125 Å². The van der Waals surface area contributed by atoms with E-state index in [1.54, 1.807) is 0 Å². The molecular formula is C36H90Si10. The zero-order valence-electron chi connectivity index (χ0n) is 38.0. The molecule has 10 heteroatoms. The average Bonchev–Trinajstić information content (AvgIpc) is 3.53. The van der Waals surface area contributed by atoms with Gasteiger partial charge < -0.3 is 0 Å². The van der Waals surface area contributed by atoms with Crippen molar-refractivity contribution in [1.82, 2.24) is 0 Å². The van der Waals surface area contributed by atoms with Gasteiger partial charge in [0.15, 0.2) is 0 Å². The highest BCUT2D eigenvalue weighted by Crippen LogP contribution is 2.93. The molecule has 0 unspecified atom stereocenters. The third-order valence-corrected chi connectivity index (χ3v) is 403. The van der Waals surface area contributed by atoms with E-state index in [1.807, 2.05) is 0 Å². The van der Waals surface area contributed by atoms with E-state index in [2.05, 4.69) is 203 Å². The fourth-order valence-corrected chi connectivity index (χ4v) is 1050. The van der Waals surface area contributed by atoms with E-state index in [4.69, 9.17) is 0 Å². The third-order valence-electron chi connectivity index (χ3n) is 19.6. The molecule has 2 aliphatic heterocycles. The highest BCUT2D eigenvalue weighted by Gasteiger charge is 3.24. The van der Waals surface area contributed by atoms with E-state index in [9.17, 15) is 0 Å². The second kappa shape index (κ2) is 10.4. The number of rotatable bonds is 6. The Morgan fingerprint density at radius 1 is 0.217 bits per heavy atom. The van der Waals surface area contributed by atoms with Gasteiger partial charge in [0.2, 0.25) is 0 Å². The Hall–Kier alpha value is 2.17. The molecule has 0 bridgehead atoms. The zero-order valence-corrected chi connectivity index (χ0v) is 48.0. The standard InChI is InChI=1S/C36H90Si10/c1-31(2,3)37(19,20)43(38(21,22)32(4,5)6)45(41(27,28)35(13,14)15)44(39(23,24)33(7,8)9,40(25,26)34(10,11)12)46(43,45)42(29,30)36(16,17)18/h1-30H3. The van der Waals surface area contributed by atoms with Gasteiger partial charge in [0.25, 0.3) is 0 Å². The van der Waals surface area contributed by atoms with Crippen molar-refractivity contribution in [2.45, 2.75) is 233 Å². The summed E-state index contributed by atoms with van der Waals surface area (Å²) < 4.78 is 0. The van der Waals surface area contributed by atoms with Crippen molar-refractivity contribution in [3.63, 3.8) is 0 Å². The molecule has 2 saturated heterocycles. The molecule has 0 nitrogen and oxygen atoms in total. The molecule has 0 atom stereocenters. The van der Waals surface area contributed by atoms with Crippen LogP contribution in [0.2, 0.25) is 109 Å². The lowest BCUT2D eigenvalue weighted by Gasteiger charge is -2.74. The van der Waals surface area contributed by atoms with E-state index >= 15 is 0 Å². The predicted octanol–water partition coefficient (Wildman–Crippen LogP) is 13.7. The minimum Gasteiger partial charge on any atom is -0.0715 e. The quantitative estimate of drug-likeness (QED) is 0.235. The summed E-state index contributed by atoms with van der Waals surface area (Å²) >= 11 is 0. The molecule has 0 amide bonds. The Kier molecular flexibility index (Phi) is 10.1. The molecule has 0 aliphatic carbocycles. The zero-order chi connectivity index (χ0) is 38.0. The van der Waals surface area contributed by atoms with Gasteiger partial charge in [-0.1, -0.05) is 203 Å². The summed E-state index contributed by atoms with van der Waals surface area (Å²) in [4.78, 5) is 0. The first kappa shape index (κ1) is 44.3. The summed E-state index contributed by atoms with van der Waals surface area (Å²) in [6.07, 6.45) is -6.71. The molecule has 2 aliphatic rings. The molecule has 0 radical (unpaired) electrons. The Labute approximate surface area is 301 Å². The maximum Gasteiger partial charge on any atom is 0.0382 e. The summed E-state index contributed by atoms with van der Waals surface area (Å²) in [5.41, 5.74) is 0. The fourth-order valence-electron chi connectivity index (χ4n) is 13.1. The molecule has 0 N–H and O–H groups in total. The lowest BCUT2D eigenvalue weighted by Crippen LogP contribution is -3.00. The summed E-state index contributed by atoms with van der Waals surface area (Å²) in [6.45, 7) is 88.4. The Morgan fingerprint density at radius 3 is 0.413 bits per heavy atom. The molecule has 0 aromatic heterocycles. The van der Waals surface area contributed by atoms with Crippen LogP contribution in [-0.4, -0.2) is 70.1 Å². The average molecular weight is 804 g/mol. The second-order valence-electron chi connectivity index (χ2n) is 26.2. The van der Waals surface area contributed by atoms with Crippen molar-refractivity contribution in [2.24, 2.45) is 0 Å². The van der Waals surface area contributed by atoms with Gasteiger partial charge in [-0.15, -0.1) is 0 Å². The fraction of sp³-hybridized carbons (Fsp3) is 1.00. The summed E-state index contributed by atoms with van der Waals surface area (Å²) in [5.74, 6) is 0. The molecule has 274 valence electrons. The Bertz CT molecular complexity index is 1050. The van der Waals surface area contributed by atoms with Crippen molar-refractivity contribution in [1.29, 1.82) is 0 Å². The summed E-state index contributed by atoms with van der Waals surface area (Å²) in [7, 11) is -10.2. The highest BCUT2D eigenvalue weighted by molar-refractivity contribution is 8.86. The van der Waals surface area contributed by atoms with Gasteiger partial charge in [0.05, 0.1) is 0 Å². The Morgan fingerprint density at radius 2 is 0.326 bits per heavy atom. The maximum absolute atomic E-state index is 3.16. The maximum atomic E-state index is 3.16. The van der Waals surface area contributed by atoms with Gasteiger partial charge in [-0.3, -0.25) is 0 Å². The van der Waals surface area contributed by atoms with Crippen LogP contribution in [0.3, 0.4) is 0 Å². The van der Waals surface area contributed by atoms with Crippen LogP contribution in [-0.2, 0) is 0 Å². The van der Waals surface area contributed by atoms with Crippen molar-refractivity contribution < 1.29 is 0 Å². The van der Waals surface area contributed by atoms with Gasteiger partial charge in [-0.2, -0.15) is 0 Å². The molecule has 2 rings (SSSR count). The lowest BCUT2D eigenvalue weighted by molar-refractivity contribution is 0.725. The van der Waals surface area contributed by atoms with E-state index in [0.29, 0.717) is 30.2 Å². The molecule has 0 spiro atoms. The lowest BCUT2D eigenvalue weighted by atomic mass is 10.2. The Balaban J connectivity index is 3.88. The van der Waals surface area contributed by atoms with E-state index in [-0.39, 0.29) is 0 Å². The van der Waals surface area contributed by atoms with Gasteiger partial charge in [0, 0.05) is 70.1 Å². The monoisotopic (exact) mass is 802 g/mol. The predicted molar refractivity (Wildman–Crippen MR) is 246 cm³/mol. The van der Waals surface area contributed by atoms with Crippen molar-refractivity contribution in [2.75, 3.05) is 0 Å². The number of hydrogen-bond acceptors (Lipinski definition) is 0. The molecule has 0 aromatic carbocycles. The number of fused-ring (bicyclic) bond motifs is 1. The third kappa shape index (κ3) is 4.12. The first-order valence-electron chi connectivity index (χ1n) is 19.2. The summed E-state index contributed by atoms with van der Waals surface area (Å²) in [5, 5.41) is 2.97. The van der Waals surface area contributed by atoms with E-state index in [0.717, 1.165) is 0 Å². The molecular weight excluding hydrogens is 713 g/mol. The molecule has 2 fully saturated rings. The van der Waals surface area contributed by atoms with E-state index < -0.39 is 70.1 Å². The van der Waals surface area contributed by atoms with Crippen LogP contribution in [0.5, 0.6) is 0 Å². The molecule has 0 saturated carbocycles. The van der Waals surface area contributed by atoms with E-state index in [1.165, 1.54) is 0 Å². The van der Waals surface area contributed by atoms with Crippen LogP contribution in [0.15, 0.2) is 0 Å². The smallest absolute Gasteiger partial charge is 0.0382 e. The first-order valence-corrected chi connectivity index (χ1v) is 56.2. The van der Waals surface area contributed by atoms with Crippen LogP contribution < -0.4 is 0 Å². The van der Waals surface area contributed by atoms with Crippen molar-refractivity contribution >= 4 is 70.1 Å². The van der Waals surface area contributed by atoms with Crippen molar-refractivity contribution in [3.05, 3.63) is 0 Å². The van der Waals surface area contributed by atoms with Gasteiger partial charge in [-0.25, -0.2) is 0 Å². The normalized spacial score (nSPS) is 27.0. The molecule has 0 aromatic rings. The number of hydrogen-bond donors (Lipinski definition) is 0. The van der Waals surface area contributed by atoms with Gasteiger partial charge in [-0.05, 0) is 30.2 Å². The van der Waals surface area contributed by atoms with Crippen LogP contribution in [0, 0.1) is 0 Å².